The van der Waals surface area contributed by atoms with Crippen molar-refractivity contribution in [3.8, 4) is 5.75 Å². The van der Waals surface area contributed by atoms with E-state index in [2.05, 4.69) is 43.9 Å². The van der Waals surface area contributed by atoms with Crippen molar-refractivity contribution < 1.29 is 18.8 Å². The van der Waals surface area contributed by atoms with Crippen LogP contribution in [0.15, 0.2) is 23.4 Å². The van der Waals surface area contributed by atoms with Crippen LogP contribution in [0.1, 0.15) is 63.0 Å². The summed E-state index contributed by atoms with van der Waals surface area (Å²) in [4.78, 5) is 16.6. The van der Waals surface area contributed by atoms with E-state index in [1.54, 1.807) is 7.11 Å². The normalized spacial score (nSPS) is 34.1. The van der Waals surface area contributed by atoms with Crippen LogP contribution in [-0.2, 0) is 20.5 Å². The van der Waals surface area contributed by atoms with Crippen LogP contribution in [0.3, 0.4) is 0 Å². The lowest BCUT2D eigenvalue weighted by Crippen LogP contribution is -2.61. The van der Waals surface area contributed by atoms with Crippen LogP contribution in [0.2, 0.25) is 19.6 Å². The molecule has 164 valence electrons. The summed E-state index contributed by atoms with van der Waals surface area (Å²) in [6, 6.07) is 6.21. The Labute approximate surface area is 181 Å². The highest BCUT2D eigenvalue weighted by atomic mass is 28.4. The standard InChI is InChI=1S/C24H35NO4Si/c1-16(26)28-18-8-9-19-17(15-18)7-10-21-20(19)11-13-23(2)22(25-27-3)12-14-24(21,23)29-30(4,5)6/h8-9,15,20-21H,7,10-14H2,1-6H3/b25-22-/t20-,21-,23-,24-/m1/s1. The first-order chi connectivity index (χ1) is 14.1. The van der Waals surface area contributed by atoms with E-state index in [9.17, 15) is 4.79 Å². The van der Waals surface area contributed by atoms with E-state index in [0.717, 1.165) is 38.5 Å². The van der Waals surface area contributed by atoms with Gasteiger partial charge in [-0.25, -0.2) is 0 Å². The third kappa shape index (κ3) is 3.42. The average Bonchev–Trinajstić information content (AvgIpc) is 2.92. The molecule has 0 N–H and O–H groups in total. The maximum atomic E-state index is 11.4. The second-order valence-corrected chi connectivity index (χ2v) is 14.8. The molecule has 1 aromatic carbocycles. The van der Waals surface area contributed by atoms with Gasteiger partial charge in [0.2, 0.25) is 0 Å². The molecule has 3 aliphatic carbocycles. The Morgan fingerprint density at radius 2 is 1.93 bits per heavy atom. The topological polar surface area (TPSA) is 57.1 Å². The Kier molecular flexibility index (Phi) is 5.38. The molecule has 6 heteroatoms. The molecular formula is C24H35NO4Si. The molecule has 0 bridgehead atoms. The van der Waals surface area contributed by atoms with Gasteiger partial charge in [-0.2, -0.15) is 0 Å². The predicted octanol–water partition coefficient (Wildman–Crippen LogP) is 5.44. The highest BCUT2D eigenvalue weighted by Gasteiger charge is 2.65. The third-order valence-corrected chi connectivity index (χ3v) is 8.51. The second-order valence-electron chi connectivity index (χ2n) is 10.4. The lowest BCUT2D eigenvalue weighted by molar-refractivity contribution is -0.131. The molecule has 0 saturated heterocycles. The van der Waals surface area contributed by atoms with E-state index in [-0.39, 0.29) is 17.0 Å². The Balaban J connectivity index is 1.75. The molecular weight excluding hydrogens is 394 g/mol. The molecule has 0 aliphatic heterocycles. The fourth-order valence-electron chi connectivity index (χ4n) is 6.57. The number of hydrogen-bond acceptors (Lipinski definition) is 5. The molecule has 0 spiro atoms. The first-order valence-corrected chi connectivity index (χ1v) is 14.6. The van der Waals surface area contributed by atoms with Crippen LogP contribution in [0.5, 0.6) is 5.75 Å². The van der Waals surface area contributed by atoms with Crippen molar-refractivity contribution >= 4 is 20.0 Å². The molecule has 4 atom stereocenters. The summed E-state index contributed by atoms with van der Waals surface area (Å²) >= 11 is 0. The smallest absolute Gasteiger partial charge is 0.308 e. The lowest BCUT2D eigenvalue weighted by Gasteiger charge is -2.58. The molecule has 2 saturated carbocycles. The zero-order valence-electron chi connectivity index (χ0n) is 19.2. The van der Waals surface area contributed by atoms with Crippen LogP contribution >= 0.6 is 0 Å². The lowest BCUT2D eigenvalue weighted by atomic mass is 9.53. The molecule has 4 rings (SSSR count). The van der Waals surface area contributed by atoms with Crippen molar-refractivity contribution in [2.75, 3.05) is 7.11 Å². The second kappa shape index (κ2) is 7.48. The molecule has 30 heavy (non-hydrogen) atoms. The minimum atomic E-state index is -1.79. The van der Waals surface area contributed by atoms with Crippen LogP contribution in [0.25, 0.3) is 0 Å². The summed E-state index contributed by atoms with van der Waals surface area (Å²) in [5.41, 5.74) is 3.67. The molecule has 0 heterocycles. The van der Waals surface area contributed by atoms with Crippen LogP contribution < -0.4 is 4.74 Å². The van der Waals surface area contributed by atoms with Gasteiger partial charge in [0.15, 0.2) is 8.32 Å². The summed E-state index contributed by atoms with van der Waals surface area (Å²) in [7, 11) is -0.136. The number of ether oxygens (including phenoxy) is 1. The first kappa shape index (κ1) is 21.6. The number of rotatable bonds is 4. The fraction of sp³-hybridized carbons (Fsp3) is 0.667. The van der Waals surface area contributed by atoms with E-state index in [1.165, 1.54) is 23.8 Å². The van der Waals surface area contributed by atoms with Gasteiger partial charge in [-0.1, -0.05) is 18.1 Å². The van der Waals surface area contributed by atoms with Gasteiger partial charge < -0.3 is 14.0 Å². The van der Waals surface area contributed by atoms with Crippen molar-refractivity contribution in [3.05, 3.63) is 29.3 Å². The van der Waals surface area contributed by atoms with Crippen molar-refractivity contribution in [1.82, 2.24) is 0 Å². The summed E-state index contributed by atoms with van der Waals surface area (Å²) in [5, 5.41) is 4.48. The Morgan fingerprint density at radius 1 is 1.17 bits per heavy atom. The molecule has 3 aliphatic rings. The van der Waals surface area contributed by atoms with Gasteiger partial charge >= 0.3 is 5.97 Å². The van der Waals surface area contributed by atoms with Crippen LogP contribution in [-0.4, -0.2) is 32.7 Å². The largest absolute Gasteiger partial charge is 0.427 e. The summed E-state index contributed by atoms with van der Waals surface area (Å²) in [6.07, 6.45) is 6.26. The molecule has 0 aromatic heterocycles. The average molecular weight is 430 g/mol. The molecule has 1 aromatic rings. The SMILES string of the molecule is CO/N=C1/CC[C@@]2(O[Si](C)(C)C)[C@@H]3CCc4cc(OC(C)=O)ccc4[C@H]3CC[C@]12C. The maximum Gasteiger partial charge on any atom is 0.308 e. The maximum absolute atomic E-state index is 11.4. The Bertz CT molecular complexity index is 876. The van der Waals surface area contributed by atoms with E-state index in [4.69, 9.17) is 14.0 Å². The molecule has 0 amide bonds. The minimum Gasteiger partial charge on any atom is -0.427 e. The van der Waals surface area contributed by atoms with Crippen molar-refractivity contribution in [3.63, 3.8) is 0 Å². The summed E-state index contributed by atoms with van der Waals surface area (Å²) in [5.74, 6) is 1.34. The number of nitrogens with zero attached hydrogens (tertiary/aromatic N) is 1. The number of esters is 1. The zero-order chi connectivity index (χ0) is 21.7. The highest BCUT2D eigenvalue weighted by Crippen LogP contribution is 2.64. The van der Waals surface area contributed by atoms with E-state index in [0.29, 0.717) is 17.6 Å². The van der Waals surface area contributed by atoms with E-state index in [1.807, 2.05) is 6.07 Å². The number of carbonyl (C=O) groups excluding carboxylic acids is 1. The quantitative estimate of drug-likeness (QED) is 0.277. The fourth-order valence-corrected chi connectivity index (χ4v) is 8.14. The van der Waals surface area contributed by atoms with Gasteiger partial charge in [0.25, 0.3) is 0 Å². The number of carbonyl (C=O) groups is 1. The van der Waals surface area contributed by atoms with Gasteiger partial charge in [0, 0.05) is 12.3 Å². The third-order valence-electron chi connectivity index (χ3n) is 7.53. The summed E-state index contributed by atoms with van der Waals surface area (Å²) < 4.78 is 12.5. The first-order valence-electron chi connectivity index (χ1n) is 11.2. The van der Waals surface area contributed by atoms with Crippen molar-refractivity contribution in [2.24, 2.45) is 16.5 Å². The van der Waals surface area contributed by atoms with Gasteiger partial charge in [0.05, 0.1) is 11.3 Å². The summed E-state index contributed by atoms with van der Waals surface area (Å²) in [6.45, 7) is 10.7. The van der Waals surface area contributed by atoms with Crippen molar-refractivity contribution in [2.45, 2.75) is 83.5 Å². The van der Waals surface area contributed by atoms with Gasteiger partial charge in [-0.05, 0) is 93.3 Å². The number of oxime groups is 1. The number of fused-ring (bicyclic) bond motifs is 5. The highest BCUT2D eigenvalue weighted by molar-refractivity contribution is 6.69. The molecule has 2 fully saturated rings. The number of benzene rings is 1. The number of aryl methyl sites for hydroxylation is 1. The van der Waals surface area contributed by atoms with E-state index >= 15 is 0 Å². The van der Waals surface area contributed by atoms with Crippen LogP contribution in [0.4, 0.5) is 0 Å². The Morgan fingerprint density at radius 3 is 2.60 bits per heavy atom. The van der Waals surface area contributed by atoms with E-state index < -0.39 is 8.32 Å². The van der Waals surface area contributed by atoms with Crippen LogP contribution in [0, 0.1) is 11.3 Å². The predicted molar refractivity (Wildman–Crippen MR) is 120 cm³/mol. The zero-order valence-corrected chi connectivity index (χ0v) is 20.2. The molecule has 0 unspecified atom stereocenters. The molecule has 0 radical (unpaired) electrons. The van der Waals surface area contributed by atoms with Crippen molar-refractivity contribution in [1.29, 1.82) is 0 Å². The van der Waals surface area contributed by atoms with Gasteiger partial charge in [0.1, 0.15) is 12.9 Å². The monoisotopic (exact) mass is 429 g/mol. The Hall–Kier alpha value is -1.66. The number of hydrogen-bond donors (Lipinski definition) is 0. The minimum absolute atomic E-state index is 0.0698. The van der Waals surface area contributed by atoms with Gasteiger partial charge in [-0.3, -0.25) is 4.79 Å². The molecule has 5 nitrogen and oxygen atoms in total. The van der Waals surface area contributed by atoms with Gasteiger partial charge in [-0.15, -0.1) is 0 Å².